The Hall–Kier alpha value is -2.78. The summed E-state index contributed by atoms with van der Waals surface area (Å²) in [5.41, 5.74) is 2.18. The molecule has 1 fully saturated rings. The van der Waals surface area contributed by atoms with Gasteiger partial charge < -0.3 is 4.90 Å². The molecule has 1 N–H and O–H groups in total. The summed E-state index contributed by atoms with van der Waals surface area (Å²) in [5.74, 6) is 0.685. The van der Waals surface area contributed by atoms with Gasteiger partial charge in [-0.2, -0.15) is 9.78 Å². The van der Waals surface area contributed by atoms with Crippen LogP contribution in [0.5, 0.6) is 0 Å². The molecule has 3 aromatic rings. The molecule has 0 amide bonds. The number of rotatable bonds is 3. The van der Waals surface area contributed by atoms with E-state index in [1.807, 2.05) is 18.2 Å². The average Bonchev–Trinajstić information content (AvgIpc) is 3.21. The number of nitriles is 1. The van der Waals surface area contributed by atoms with E-state index in [0.29, 0.717) is 34.2 Å². The molecule has 0 bridgehead atoms. The summed E-state index contributed by atoms with van der Waals surface area (Å²) in [4.78, 5) is 19.2. The van der Waals surface area contributed by atoms with Gasteiger partial charge in [0.15, 0.2) is 5.65 Å². The summed E-state index contributed by atoms with van der Waals surface area (Å²) in [6.45, 7) is 1.76. The maximum atomic E-state index is 12.5. The number of aromatic amines is 1. The Morgan fingerprint density at radius 3 is 2.80 bits per heavy atom. The average molecular weight is 354 g/mol. The minimum Gasteiger partial charge on any atom is -0.356 e. The van der Waals surface area contributed by atoms with Crippen LogP contribution in [0.2, 0.25) is 5.02 Å². The van der Waals surface area contributed by atoms with E-state index in [-0.39, 0.29) is 5.56 Å². The lowest BCUT2D eigenvalue weighted by atomic mass is 10.1. The van der Waals surface area contributed by atoms with Gasteiger partial charge >= 0.3 is 0 Å². The molecule has 126 valence electrons. The molecule has 6 nitrogen and oxygen atoms in total. The van der Waals surface area contributed by atoms with Crippen molar-refractivity contribution < 1.29 is 0 Å². The van der Waals surface area contributed by atoms with Gasteiger partial charge in [-0.1, -0.05) is 23.7 Å². The van der Waals surface area contributed by atoms with Crippen LogP contribution >= 0.6 is 11.6 Å². The molecule has 1 aromatic carbocycles. The molecule has 7 heteroatoms. The summed E-state index contributed by atoms with van der Waals surface area (Å²) in [6.07, 6.45) is 2.66. The Labute approximate surface area is 149 Å². The Morgan fingerprint density at radius 2 is 2.08 bits per heavy atom. The summed E-state index contributed by atoms with van der Waals surface area (Å²) in [7, 11) is 0. The van der Waals surface area contributed by atoms with Crippen molar-refractivity contribution in [2.75, 3.05) is 18.0 Å². The molecular formula is C18H16ClN5O. The van der Waals surface area contributed by atoms with E-state index in [2.05, 4.69) is 21.1 Å². The van der Waals surface area contributed by atoms with Crippen LogP contribution in [-0.4, -0.2) is 27.7 Å². The summed E-state index contributed by atoms with van der Waals surface area (Å²) >= 11 is 6.02. The highest BCUT2D eigenvalue weighted by Gasteiger charge is 2.22. The molecule has 25 heavy (non-hydrogen) atoms. The molecule has 0 saturated carbocycles. The quantitative estimate of drug-likeness (QED) is 0.785. The van der Waals surface area contributed by atoms with Crippen LogP contribution in [0.15, 0.2) is 35.1 Å². The van der Waals surface area contributed by atoms with Crippen molar-refractivity contribution in [3.05, 3.63) is 62.5 Å². The van der Waals surface area contributed by atoms with Crippen LogP contribution in [-0.2, 0) is 6.42 Å². The number of H-pyrrole nitrogens is 1. The molecule has 0 radical (unpaired) electrons. The van der Waals surface area contributed by atoms with Gasteiger partial charge in [-0.15, -0.1) is 0 Å². The van der Waals surface area contributed by atoms with Crippen molar-refractivity contribution in [2.24, 2.45) is 0 Å². The van der Waals surface area contributed by atoms with Crippen LogP contribution in [0.3, 0.4) is 0 Å². The molecule has 0 spiro atoms. The molecule has 0 unspecified atom stereocenters. The zero-order valence-electron chi connectivity index (χ0n) is 13.5. The Balaban J connectivity index is 1.80. The minimum absolute atomic E-state index is 0.219. The molecule has 4 rings (SSSR count). The molecule has 1 saturated heterocycles. The topological polar surface area (TPSA) is 77.2 Å². The maximum absolute atomic E-state index is 12.5. The van der Waals surface area contributed by atoms with Crippen molar-refractivity contribution in [1.82, 2.24) is 14.6 Å². The highest BCUT2D eigenvalue weighted by molar-refractivity contribution is 6.30. The van der Waals surface area contributed by atoms with Crippen molar-refractivity contribution in [1.29, 1.82) is 5.26 Å². The van der Waals surface area contributed by atoms with E-state index in [1.54, 1.807) is 6.07 Å². The van der Waals surface area contributed by atoms with Gasteiger partial charge in [0, 0.05) is 30.6 Å². The largest absolute Gasteiger partial charge is 0.356 e. The van der Waals surface area contributed by atoms with Crippen molar-refractivity contribution in [2.45, 2.75) is 19.3 Å². The minimum atomic E-state index is -0.219. The predicted octanol–water partition coefficient (Wildman–Crippen LogP) is 2.74. The Morgan fingerprint density at radius 1 is 1.28 bits per heavy atom. The van der Waals surface area contributed by atoms with Crippen LogP contribution in [0.1, 0.15) is 29.7 Å². The number of hydrogen-bond donors (Lipinski definition) is 1. The molecule has 2 aromatic heterocycles. The number of fused-ring (bicyclic) bond motifs is 1. The second kappa shape index (κ2) is 6.26. The highest BCUT2D eigenvalue weighted by atomic mass is 35.5. The van der Waals surface area contributed by atoms with E-state index in [0.717, 1.165) is 31.5 Å². The second-order valence-electron chi connectivity index (χ2n) is 6.19. The Bertz CT molecular complexity index is 1040. The summed E-state index contributed by atoms with van der Waals surface area (Å²) in [6, 6.07) is 11.2. The zero-order valence-corrected chi connectivity index (χ0v) is 14.3. The zero-order chi connectivity index (χ0) is 17.4. The number of aromatic nitrogens is 3. The lowest BCUT2D eigenvalue weighted by molar-refractivity contribution is 0.848. The molecule has 1 aliphatic heterocycles. The first-order valence-corrected chi connectivity index (χ1v) is 8.57. The van der Waals surface area contributed by atoms with Gasteiger partial charge in [0.25, 0.3) is 5.56 Å². The first-order chi connectivity index (χ1) is 12.2. The number of halogens is 1. The van der Waals surface area contributed by atoms with E-state index < -0.39 is 0 Å². The van der Waals surface area contributed by atoms with Crippen LogP contribution in [0.4, 0.5) is 5.82 Å². The molecular weight excluding hydrogens is 338 g/mol. The fourth-order valence-corrected chi connectivity index (χ4v) is 3.51. The Kier molecular flexibility index (Phi) is 3.94. The van der Waals surface area contributed by atoms with Gasteiger partial charge in [-0.05, 0) is 30.5 Å². The first-order valence-electron chi connectivity index (χ1n) is 8.20. The molecule has 3 heterocycles. The number of nitrogens with one attached hydrogen (secondary N) is 1. The second-order valence-corrected chi connectivity index (χ2v) is 6.63. The van der Waals surface area contributed by atoms with Gasteiger partial charge in [0.1, 0.15) is 17.5 Å². The third kappa shape index (κ3) is 2.87. The SMILES string of the molecule is N#Cc1c(N2CCCC2)[nH]n2c(=O)cc(Cc3cccc(Cl)c3)nc12. The molecule has 0 aliphatic carbocycles. The van der Waals surface area contributed by atoms with Gasteiger partial charge in [0.05, 0.1) is 5.69 Å². The lowest BCUT2D eigenvalue weighted by Crippen LogP contribution is -2.20. The monoisotopic (exact) mass is 353 g/mol. The van der Waals surface area contributed by atoms with Gasteiger partial charge in [-0.25, -0.2) is 4.98 Å². The summed E-state index contributed by atoms with van der Waals surface area (Å²) in [5, 5.41) is 13.3. The lowest BCUT2D eigenvalue weighted by Gasteiger charge is -2.14. The number of benzene rings is 1. The van der Waals surface area contributed by atoms with Gasteiger partial charge in [0.2, 0.25) is 0 Å². The maximum Gasteiger partial charge on any atom is 0.273 e. The van der Waals surface area contributed by atoms with E-state index in [1.165, 1.54) is 10.6 Å². The first kappa shape index (κ1) is 15.7. The predicted molar refractivity (Wildman–Crippen MR) is 96.2 cm³/mol. The van der Waals surface area contributed by atoms with Crippen LogP contribution in [0, 0.1) is 11.3 Å². The fraction of sp³-hybridized carbons (Fsp3) is 0.278. The van der Waals surface area contributed by atoms with Gasteiger partial charge in [-0.3, -0.25) is 9.89 Å². The normalized spacial score (nSPS) is 14.2. The van der Waals surface area contributed by atoms with E-state index >= 15 is 0 Å². The fourth-order valence-electron chi connectivity index (χ4n) is 3.29. The van der Waals surface area contributed by atoms with Crippen molar-refractivity contribution in [3.8, 4) is 6.07 Å². The number of nitrogens with zero attached hydrogens (tertiary/aromatic N) is 4. The van der Waals surface area contributed by atoms with Crippen molar-refractivity contribution >= 4 is 23.1 Å². The van der Waals surface area contributed by atoms with E-state index in [4.69, 9.17) is 11.6 Å². The van der Waals surface area contributed by atoms with E-state index in [9.17, 15) is 10.1 Å². The number of anilines is 1. The third-order valence-corrected chi connectivity index (χ3v) is 4.69. The number of hydrogen-bond acceptors (Lipinski definition) is 4. The van der Waals surface area contributed by atoms with Crippen LogP contribution < -0.4 is 10.5 Å². The standard InChI is InChI=1S/C18H16ClN5O/c19-13-5-3-4-12(8-13)9-14-10-16(25)24-17(21-14)15(11-20)18(22-24)23-6-1-2-7-23/h3-5,8,10,22H,1-2,6-7,9H2. The smallest absolute Gasteiger partial charge is 0.273 e. The molecule has 0 atom stereocenters. The van der Waals surface area contributed by atoms with Crippen molar-refractivity contribution in [3.63, 3.8) is 0 Å². The molecule has 1 aliphatic rings. The highest BCUT2D eigenvalue weighted by Crippen LogP contribution is 2.25. The van der Waals surface area contributed by atoms with Crippen LogP contribution in [0.25, 0.3) is 5.65 Å². The third-order valence-electron chi connectivity index (χ3n) is 4.46. The summed E-state index contributed by atoms with van der Waals surface area (Å²) < 4.78 is 1.35.